The lowest BCUT2D eigenvalue weighted by Crippen LogP contribution is -2.32. The lowest BCUT2D eigenvalue weighted by atomic mass is 9.80. The molecule has 2 aromatic heterocycles. The number of nitrogens with zero attached hydrogens (tertiary/aromatic N) is 3. The van der Waals surface area contributed by atoms with Crippen LogP contribution >= 0.6 is 0 Å². The number of benzene rings is 2. The molecule has 0 bridgehead atoms. The second kappa shape index (κ2) is 7.40. The molecule has 1 unspecified atom stereocenters. The number of hydrogen-bond acceptors (Lipinski definition) is 4. The van der Waals surface area contributed by atoms with Crippen LogP contribution < -0.4 is 0 Å². The molecule has 29 heavy (non-hydrogen) atoms. The van der Waals surface area contributed by atoms with E-state index in [0.29, 0.717) is 11.4 Å². The van der Waals surface area contributed by atoms with Crippen molar-refractivity contribution in [2.45, 2.75) is 12.0 Å². The first-order chi connectivity index (χ1) is 14.0. The molecule has 146 valence electrons. The van der Waals surface area contributed by atoms with Gasteiger partial charge in [0.15, 0.2) is 0 Å². The first-order valence-corrected chi connectivity index (χ1v) is 8.79. The quantitative estimate of drug-likeness (QED) is 0.467. The Morgan fingerprint density at radius 3 is 2.45 bits per heavy atom. The Morgan fingerprint density at radius 2 is 1.83 bits per heavy atom. The predicted octanol–water partition coefficient (Wildman–Crippen LogP) is 3.62. The second-order valence-electron chi connectivity index (χ2n) is 6.62. The zero-order valence-electron chi connectivity index (χ0n) is 15.2. The van der Waals surface area contributed by atoms with E-state index < -0.39 is 17.2 Å². The minimum absolute atomic E-state index is 0.0991. The molecule has 6 nitrogen and oxygen atoms in total. The van der Waals surface area contributed by atoms with E-state index in [1.54, 1.807) is 18.3 Å². The predicted molar refractivity (Wildman–Crippen MR) is 103 cm³/mol. The lowest BCUT2D eigenvalue weighted by Gasteiger charge is -2.31. The summed E-state index contributed by atoms with van der Waals surface area (Å²) in [4.78, 5) is 4.02. The molecule has 0 saturated heterocycles. The maximum Gasteiger partial charge on any atom is 0.137 e. The van der Waals surface area contributed by atoms with E-state index in [-0.39, 0.29) is 17.6 Å². The molecule has 0 aliphatic carbocycles. The molecule has 8 heteroatoms. The van der Waals surface area contributed by atoms with Gasteiger partial charge in [-0.2, -0.15) is 10.2 Å². The second-order valence-corrected chi connectivity index (χ2v) is 6.62. The van der Waals surface area contributed by atoms with Crippen molar-refractivity contribution in [2.75, 3.05) is 0 Å². The summed E-state index contributed by atoms with van der Waals surface area (Å²) in [5.74, 6) is -1.27. The first-order valence-electron chi connectivity index (χ1n) is 8.79. The molecule has 2 heterocycles. The third-order valence-electron chi connectivity index (χ3n) is 4.81. The number of aliphatic hydroxyl groups is 1. The van der Waals surface area contributed by atoms with Crippen LogP contribution in [0.5, 0.6) is 0 Å². The van der Waals surface area contributed by atoms with E-state index in [0.717, 1.165) is 23.4 Å². The van der Waals surface area contributed by atoms with Crippen LogP contribution in [0, 0.1) is 11.6 Å². The number of aromatic amines is 2. The van der Waals surface area contributed by atoms with Crippen molar-refractivity contribution < 1.29 is 13.9 Å². The summed E-state index contributed by atoms with van der Waals surface area (Å²) in [5.41, 5.74) is 0.606. The average Bonchev–Trinajstić information content (AvgIpc) is 3.41. The van der Waals surface area contributed by atoms with Gasteiger partial charge < -0.3 is 5.11 Å². The largest absolute Gasteiger partial charge is 0.380 e. The molecule has 0 spiro atoms. The minimum atomic E-state index is -1.87. The zero-order chi connectivity index (χ0) is 20.4. The molecule has 3 N–H and O–H groups in total. The Kier molecular flexibility index (Phi) is 4.77. The van der Waals surface area contributed by atoms with Gasteiger partial charge in [-0.1, -0.05) is 30.8 Å². The molecule has 2 aromatic carbocycles. The summed E-state index contributed by atoms with van der Waals surface area (Å²) >= 11 is 0. The third kappa shape index (κ3) is 3.57. The topological polar surface area (TPSA) is 90.5 Å². The average molecular weight is 393 g/mol. The fraction of sp³-hybridized carbons (Fsp3) is 0.0952. The Balaban J connectivity index is 1.75. The molecular weight excluding hydrogens is 376 g/mol. The minimum Gasteiger partial charge on any atom is -0.380 e. The highest BCUT2D eigenvalue weighted by Crippen LogP contribution is 2.39. The number of nitrogens with one attached hydrogen (secondary N) is 2. The Morgan fingerprint density at radius 1 is 1.03 bits per heavy atom. The zero-order valence-corrected chi connectivity index (χ0v) is 15.2. The van der Waals surface area contributed by atoms with E-state index in [4.69, 9.17) is 0 Å². The van der Waals surface area contributed by atoms with Crippen molar-refractivity contribution in [2.24, 2.45) is 0 Å². The molecule has 0 saturated carbocycles. The van der Waals surface area contributed by atoms with Crippen LogP contribution in [0.2, 0.25) is 0 Å². The summed E-state index contributed by atoms with van der Waals surface area (Å²) in [7, 11) is 0. The van der Waals surface area contributed by atoms with Crippen LogP contribution in [0.3, 0.4) is 0 Å². The molecule has 0 fully saturated rings. The highest BCUT2D eigenvalue weighted by Gasteiger charge is 2.37. The maximum absolute atomic E-state index is 14.6. The van der Waals surface area contributed by atoms with Gasteiger partial charge in [-0.3, -0.25) is 10.2 Å². The van der Waals surface area contributed by atoms with Crippen molar-refractivity contribution in [1.29, 1.82) is 0 Å². The molecule has 0 aliphatic heterocycles. The van der Waals surface area contributed by atoms with Crippen molar-refractivity contribution in [3.8, 4) is 11.3 Å². The Bertz CT molecular complexity index is 1120. The smallest absolute Gasteiger partial charge is 0.137 e. The maximum atomic E-state index is 14.6. The number of hydrogen-bond donors (Lipinski definition) is 3. The summed E-state index contributed by atoms with van der Waals surface area (Å²) in [5, 5.41) is 24.8. The SMILES string of the molecule is C=C(c1ccc(-c2ccn[nH]2)cc1)C(O)(Cc1ncn[nH]1)c1ccc(F)cc1F. The number of H-pyrrole nitrogens is 2. The van der Waals surface area contributed by atoms with Gasteiger partial charge in [-0.25, -0.2) is 13.8 Å². The van der Waals surface area contributed by atoms with Crippen molar-refractivity contribution in [3.05, 3.63) is 96.2 Å². The number of rotatable bonds is 6. The van der Waals surface area contributed by atoms with Gasteiger partial charge in [0.2, 0.25) is 0 Å². The standard InChI is InChI=1S/C21H17F2N5O/c1-13(14-2-4-15(5-3-14)19-8-9-25-27-19)21(29,11-20-24-12-26-28-20)17-7-6-16(22)10-18(17)23/h2-10,12,29H,1,11H2,(H,25,27)(H,24,26,28). The normalized spacial score (nSPS) is 13.2. The molecular formula is C21H17F2N5O. The van der Waals surface area contributed by atoms with Crippen LogP contribution in [0.25, 0.3) is 16.8 Å². The molecule has 0 aliphatic rings. The van der Waals surface area contributed by atoms with Crippen LogP contribution in [0.15, 0.2) is 67.6 Å². The van der Waals surface area contributed by atoms with Gasteiger partial charge in [-0.15, -0.1) is 0 Å². The summed E-state index contributed by atoms with van der Waals surface area (Å²) in [6, 6.07) is 12.1. The third-order valence-corrected chi connectivity index (χ3v) is 4.81. The fourth-order valence-corrected chi connectivity index (χ4v) is 3.25. The summed E-state index contributed by atoms with van der Waals surface area (Å²) in [6.45, 7) is 4.02. The van der Waals surface area contributed by atoms with Crippen LogP contribution in [0.1, 0.15) is 17.0 Å². The summed E-state index contributed by atoms with van der Waals surface area (Å²) < 4.78 is 28.0. The van der Waals surface area contributed by atoms with Gasteiger partial charge in [0.1, 0.15) is 29.4 Å². The van der Waals surface area contributed by atoms with Gasteiger partial charge in [-0.05, 0) is 34.9 Å². The molecule has 1 atom stereocenters. The van der Waals surface area contributed by atoms with E-state index in [1.165, 1.54) is 12.4 Å². The van der Waals surface area contributed by atoms with E-state index >= 15 is 0 Å². The highest BCUT2D eigenvalue weighted by atomic mass is 19.1. The van der Waals surface area contributed by atoms with Crippen molar-refractivity contribution >= 4 is 5.57 Å². The van der Waals surface area contributed by atoms with Crippen molar-refractivity contribution in [1.82, 2.24) is 25.4 Å². The Labute approximate surface area is 165 Å². The summed E-state index contributed by atoms with van der Waals surface area (Å²) in [6.07, 6.45) is 2.82. The lowest BCUT2D eigenvalue weighted by molar-refractivity contribution is 0.0947. The first kappa shape index (κ1) is 18.7. The Hall–Kier alpha value is -3.65. The molecule has 4 rings (SSSR count). The van der Waals surface area contributed by atoms with Gasteiger partial charge in [0.05, 0.1) is 5.69 Å². The molecule has 0 amide bonds. The monoisotopic (exact) mass is 393 g/mol. The van der Waals surface area contributed by atoms with Gasteiger partial charge >= 0.3 is 0 Å². The van der Waals surface area contributed by atoms with E-state index in [9.17, 15) is 13.9 Å². The molecule has 4 aromatic rings. The van der Waals surface area contributed by atoms with Crippen molar-refractivity contribution in [3.63, 3.8) is 0 Å². The van der Waals surface area contributed by atoms with E-state index in [1.807, 2.05) is 18.2 Å². The van der Waals surface area contributed by atoms with Crippen LogP contribution in [-0.2, 0) is 12.0 Å². The van der Waals surface area contributed by atoms with Gasteiger partial charge in [0, 0.05) is 24.2 Å². The van der Waals surface area contributed by atoms with Gasteiger partial charge in [0.25, 0.3) is 0 Å². The number of aromatic nitrogens is 5. The molecule has 0 radical (unpaired) electrons. The van der Waals surface area contributed by atoms with Crippen LogP contribution in [-0.4, -0.2) is 30.5 Å². The fourth-order valence-electron chi connectivity index (χ4n) is 3.25. The highest BCUT2D eigenvalue weighted by molar-refractivity contribution is 5.74. The number of halogens is 2. The van der Waals surface area contributed by atoms with Crippen LogP contribution in [0.4, 0.5) is 8.78 Å². The van der Waals surface area contributed by atoms with E-state index in [2.05, 4.69) is 32.0 Å².